The fourth-order valence-electron chi connectivity index (χ4n) is 4.70. The minimum atomic E-state index is -0.0594. The van der Waals surface area contributed by atoms with E-state index in [-0.39, 0.29) is 6.03 Å². The summed E-state index contributed by atoms with van der Waals surface area (Å²) in [6.45, 7) is 5.52. The van der Waals surface area contributed by atoms with E-state index in [0.717, 1.165) is 31.7 Å². The Kier molecular flexibility index (Phi) is 5.16. The number of carbonyl (C=O) groups excluding carboxylic acids is 1. The number of carbonyl (C=O) groups is 1. The lowest BCUT2D eigenvalue weighted by Gasteiger charge is -2.49. The van der Waals surface area contributed by atoms with Crippen LogP contribution in [0.1, 0.15) is 31.4 Å². The van der Waals surface area contributed by atoms with E-state index in [0.29, 0.717) is 24.4 Å². The van der Waals surface area contributed by atoms with Gasteiger partial charge in [0.05, 0.1) is 5.69 Å². The molecule has 0 spiro atoms. The third-order valence-corrected chi connectivity index (χ3v) is 6.08. The molecule has 3 saturated heterocycles. The SMILES string of the molecule is CCNC(=O)NC[C@H]1C[C@@H]2CCN1C[C@@H]2c1cc(-c2ccccc2)nn1C. The summed E-state index contributed by atoms with van der Waals surface area (Å²) in [6.07, 6.45) is 2.37. The Hall–Kier alpha value is -2.34. The highest BCUT2D eigenvalue weighted by Gasteiger charge is 2.41. The summed E-state index contributed by atoms with van der Waals surface area (Å²) in [6, 6.07) is 13.0. The highest BCUT2D eigenvalue weighted by molar-refractivity contribution is 5.73. The van der Waals surface area contributed by atoms with E-state index in [1.807, 2.05) is 13.0 Å². The molecule has 1 aromatic carbocycles. The minimum Gasteiger partial charge on any atom is -0.338 e. The van der Waals surface area contributed by atoms with Crippen LogP contribution in [0.2, 0.25) is 0 Å². The van der Waals surface area contributed by atoms with Crippen molar-refractivity contribution in [1.82, 2.24) is 25.3 Å². The average Bonchev–Trinajstić information content (AvgIpc) is 3.09. The molecule has 2 bridgehead atoms. The monoisotopic (exact) mass is 367 g/mol. The molecule has 6 nitrogen and oxygen atoms in total. The van der Waals surface area contributed by atoms with Crippen molar-refractivity contribution in [3.05, 3.63) is 42.1 Å². The van der Waals surface area contributed by atoms with Gasteiger partial charge >= 0.3 is 6.03 Å². The summed E-state index contributed by atoms with van der Waals surface area (Å²) in [5.41, 5.74) is 3.56. The van der Waals surface area contributed by atoms with Crippen LogP contribution in [0.25, 0.3) is 11.3 Å². The summed E-state index contributed by atoms with van der Waals surface area (Å²) < 4.78 is 2.07. The van der Waals surface area contributed by atoms with Gasteiger partial charge < -0.3 is 10.6 Å². The van der Waals surface area contributed by atoms with Gasteiger partial charge in [-0.15, -0.1) is 0 Å². The third kappa shape index (κ3) is 3.72. The van der Waals surface area contributed by atoms with Crippen molar-refractivity contribution in [2.24, 2.45) is 13.0 Å². The van der Waals surface area contributed by atoms with E-state index in [2.05, 4.69) is 57.6 Å². The third-order valence-electron chi connectivity index (χ3n) is 6.08. The molecular weight excluding hydrogens is 338 g/mol. The molecule has 3 aliphatic heterocycles. The number of amides is 2. The fourth-order valence-corrected chi connectivity index (χ4v) is 4.70. The van der Waals surface area contributed by atoms with Crippen molar-refractivity contribution in [1.29, 1.82) is 0 Å². The summed E-state index contributed by atoms with van der Waals surface area (Å²) in [5, 5.41) is 10.6. The molecule has 2 N–H and O–H groups in total. The Bertz CT molecular complexity index is 787. The number of benzene rings is 1. The average molecular weight is 367 g/mol. The van der Waals surface area contributed by atoms with Crippen LogP contribution >= 0.6 is 0 Å². The Balaban J connectivity index is 1.45. The maximum atomic E-state index is 11.7. The van der Waals surface area contributed by atoms with Crippen LogP contribution in [0.15, 0.2) is 36.4 Å². The number of hydrogen-bond donors (Lipinski definition) is 2. The molecule has 4 atom stereocenters. The quantitative estimate of drug-likeness (QED) is 0.854. The van der Waals surface area contributed by atoms with Gasteiger partial charge in [0.2, 0.25) is 0 Å². The van der Waals surface area contributed by atoms with Crippen molar-refractivity contribution >= 4 is 6.03 Å². The predicted octanol–water partition coefficient (Wildman–Crippen LogP) is 2.58. The fraction of sp³-hybridized carbons (Fsp3) is 0.524. The maximum absolute atomic E-state index is 11.7. The van der Waals surface area contributed by atoms with Crippen molar-refractivity contribution in [3.8, 4) is 11.3 Å². The van der Waals surface area contributed by atoms with Gasteiger partial charge in [-0.2, -0.15) is 5.10 Å². The molecule has 4 heterocycles. The zero-order valence-corrected chi connectivity index (χ0v) is 16.2. The standard InChI is InChI=1S/C21H29N5O/c1-3-22-21(27)23-13-17-11-16-9-10-26(17)14-18(16)20-12-19(24-25(20)2)15-7-5-4-6-8-15/h4-8,12,16-18H,3,9-11,13-14H2,1-2H3,(H2,22,23,27)/t16-,17+,18-/m0/s1. The summed E-state index contributed by atoms with van der Waals surface area (Å²) in [5.74, 6) is 1.18. The molecule has 2 amide bonds. The predicted molar refractivity (Wildman–Crippen MR) is 107 cm³/mol. The number of piperidine rings is 3. The number of aromatic nitrogens is 2. The molecule has 0 aliphatic carbocycles. The molecule has 5 rings (SSSR count). The van der Waals surface area contributed by atoms with Crippen molar-refractivity contribution in [2.45, 2.75) is 31.7 Å². The van der Waals surface area contributed by atoms with E-state index in [1.165, 1.54) is 17.7 Å². The van der Waals surface area contributed by atoms with Crippen molar-refractivity contribution in [2.75, 3.05) is 26.2 Å². The number of nitrogens with one attached hydrogen (secondary N) is 2. The second kappa shape index (κ2) is 7.72. The topological polar surface area (TPSA) is 62.2 Å². The second-order valence-electron chi connectivity index (χ2n) is 7.72. The van der Waals surface area contributed by atoms with Crippen LogP contribution in [0.4, 0.5) is 4.79 Å². The van der Waals surface area contributed by atoms with E-state index in [4.69, 9.17) is 5.10 Å². The van der Waals surface area contributed by atoms with Gasteiger partial charge in [-0.05, 0) is 38.3 Å². The molecule has 6 heteroatoms. The molecule has 27 heavy (non-hydrogen) atoms. The van der Waals surface area contributed by atoms with E-state index < -0.39 is 0 Å². The van der Waals surface area contributed by atoms with Gasteiger partial charge in [0.15, 0.2) is 0 Å². The van der Waals surface area contributed by atoms with Crippen LogP contribution in [0.3, 0.4) is 0 Å². The van der Waals surface area contributed by atoms with Gasteiger partial charge in [0.25, 0.3) is 0 Å². The lowest BCUT2D eigenvalue weighted by atomic mass is 9.74. The Morgan fingerprint density at radius 3 is 2.78 bits per heavy atom. The first-order valence-corrected chi connectivity index (χ1v) is 10.0. The first-order chi connectivity index (χ1) is 13.2. The van der Waals surface area contributed by atoms with Crippen LogP contribution in [-0.4, -0.2) is 52.9 Å². The Morgan fingerprint density at radius 1 is 1.26 bits per heavy atom. The molecule has 3 fully saturated rings. The van der Waals surface area contributed by atoms with Gasteiger partial charge in [-0.1, -0.05) is 30.3 Å². The zero-order chi connectivity index (χ0) is 18.8. The summed E-state index contributed by atoms with van der Waals surface area (Å²) in [7, 11) is 2.06. The second-order valence-corrected chi connectivity index (χ2v) is 7.72. The van der Waals surface area contributed by atoms with E-state index >= 15 is 0 Å². The highest BCUT2D eigenvalue weighted by atomic mass is 16.2. The van der Waals surface area contributed by atoms with Crippen molar-refractivity contribution < 1.29 is 4.79 Å². The zero-order valence-electron chi connectivity index (χ0n) is 16.2. The van der Waals surface area contributed by atoms with Crippen LogP contribution < -0.4 is 10.6 Å². The molecule has 1 unspecified atom stereocenters. The molecule has 2 aromatic rings. The van der Waals surface area contributed by atoms with Crippen molar-refractivity contribution in [3.63, 3.8) is 0 Å². The van der Waals surface area contributed by atoms with Crippen LogP contribution in [0, 0.1) is 5.92 Å². The van der Waals surface area contributed by atoms with E-state index in [9.17, 15) is 4.79 Å². The summed E-state index contributed by atoms with van der Waals surface area (Å²) in [4.78, 5) is 14.3. The smallest absolute Gasteiger partial charge is 0.314 e. The lowest BCUT2D eigenvalue weighted by Crippen LogP contribution is -2.56. The number of aryl methyl sites for hydroxylation is 1. The number of nitrogens with zero attached hydrogens (tertiary/aromatic N) is 3. The van der Waals surface area contributed by atoms with Gasteiger partial charge in [0.1, 0.15) is 0 Å². The minimum absolute atomic E-state index is 0.0594. The van der Waals surface area contributed by atoms with Crippen LogP contribution in [-0.2, 0) is 7.05 Å². The van der Waals surface area contributed by atoms with Gasteiger partial charge in [-0.3, -0.25) is 9.58 Å². The Labute approximate surface area is 160 Å². The molecule has 0 radical (unpaired) electrons. The van der Waals surface area contributed by atoms with Gasteiger partial charge in [0, 0.05) is 49.9 Å². The number of urea groups is 1. The van der Waals surface area contributed by atoms with Crippen LogP contribution in [0.5, 0.6) is 0 Å². The first kappa shape index (κ1) is 18.0. The maximum Gasteiger partial charge on any atom is 0.314 e. The first-order valence-electron chi connectivity index (χ1n) is 10.0. The lowest BCUT2D eigenvalue weighted by molar-refractivity contribution is 0.0294. The van der Waals surface area contributed by atoms with Gasteiger partial charge in [-0.25, -0.2) is 4.79 Å². The number of fused-ring (bicyclic) bond motifs is 3. The number of rotatable bonds is 5. The number of hydrogen-bond acceptors (Lipinski definition) is 3. The normalized spacial score (nSPS) is 26.7. The largest absolute Gasteiger partial charge is 0.338 e. The molecular formula is C21H29N5O. The Morgan fingerprint density at radius 2 is 2.07 bits per heavy atom. The van der Waals surface area contributed by atoms with E-state index in [1.54, 1.807) is 0 Å². The molecule has 1 aromatic heterocycles. The summed E-state index contributed by atoms with van der Waals surface area (Å²) >= 11 is 0. The molecule has 3 aliphatic rings. The molecule has 0 saturated carbocycles. The molecule has 144 valence electrons. The highest BCUT2D eigenvalue weighted by Crippen LogP contribution is 2.42.